The summed E-state index contributed by atoms with van der Waals surface area (Å²) in [7, 11) is 0. The second-order valence-corrected chi connectivity index (χ2v) is 4.12. The zero-order valence-electron chi connectivity index (χ0n) is 10.2. The molecule has 0 bridgehead atoms. The fourth-order valence-electron chi connectivity index (χ4n) is 1.88. The number of rotatable bonds is 4. The summed E-state index contributed by atoms with van der Waals surface area (Å²) in [6, 6.07) is 0. The summed E-state index contributed by atoms with van der Waals surface area (Å²) in [6.45, 7) is 5.25. The van der Waals surface area contributed by atoms with Crippen LogP contribution in [-0.2, 0) is 14.2 Å². The van der Waals surface area contributed by atoms with Crippen molar-refractivity contribution < 1.29 is 19.3 Å². The van der Waals surface area contributed by atoms with Crippen molar-refractivity contribution in [1.29, 1.82) is 0 Å². The lowest BCUT2D eigenvalue weighted by molar-refractivity contribution is -0.0245. The molecule has 0 aromatic carbocycles. The van der Waals surface area contributed by atoms with Gasteiger partial charge in [0.05, 0.1) is 25.4 Å². The summed E-state index contributed by atoms with van der Waals surface area (Å²) in [5, 5.41) is 7.57. The Bertz CT molecular complexity index is 135. The zero-order valence-corrected chi connectivity index (χ0v) is 10.2. The molecule has 0 spiro atoms. The molecule has 2 saturated heterocycles. The van der Waals surface area contributed by atoms with Crippen LogP contribution >= 0.6 is 0 Å². The molecule has 2 atom stereocenters. The number of hydrogen-bond acceptors (Lipinski definition) is 4. The van der Waals surface area contributed by atoms with Crippen LogP contribution in [-0.4, -0.2) is 50.3 Å². The van der Waals surface area contributed by atoms with Gasteiger partial charge in [0.25, 0.3) is 0 Å². The zero-order chi connectivity index (χ0) is 11.6. The van der Waals surface area contributed by atoms with E-state index in [0.717, 1.165) is 39.3 Å². The van der Waals surface area contributed by atoms with Gasteiger partial charge in [-0.2, -0.15) is 0 Å². The molecule has 2 rings (SSSR count). The number of ether oxygens (including phenoxy) is 3. The number of aliphatic hydroxyl groups excluding tert-OH is 1. The highest BCUT2D eigenvalue weighted by molar-refractivity contribution is 4.66. The molecule has 96 valence electrons. The van der Waals surface area contributed by atoms with Crippen molar-refractivity contribution in [2.45, 2.75) is 44.8 Å². The number of aliphatic hydroxyl groups is 1. The van der Waals surface area contributed by atoms with Crippen molar-refractivity contribution in [2.75, 3.05) is 33.0 Å². The second kappa shape index (κ2) is 8.93. The smallest absolute Gasteiger partial charge is 0.0809 e. The van der Waals surface area contributed by atoms with Gasteiger partial charge in [0, 0.05) is 19.8 Å². The normalized spacial score (nSPS) is 28.9. The van der Waals surface area contributed by atoms with Crippen LogP contribution in [0.1, 0.15) is 32.6 Å². The average Bonchev–Trinajstić information content (AvgIpc) is 2.91. The Hall–Kier alpha value is -0.160. The lowest BCUT2D eigenvalue weighted by Crippen LogP contribution is -2.20. The summed E-state index contributed by atoms with van der Waals surface area (Å²) in [5.41, 5.74) is 0. The van der Waals surface area contributed by atoms with Crippen LogP contribution in [0.25, 0.3) is 0 Å². The SMILES string of the molecule is C1COC(COCC2CCCO2)C1.CCO. The van der Waals surface area contributed by atoms with Gasteiger partial charge in [0.2, 0.25) is 0 Å². The van der Waals surface area contributed by atoms with E-state index in [0.29, 0.717) is 12.2 Å². The van der Waals surface area contributed by atoms with E-state index in [2.05, 4.69) is 0 Å². The summed E-state index contributed by atoms with van der Waals surface area (Å²) >= 11 is 0. The molecule has 2 aliphatic rings. The van der Waals surface area contributed by atoms with Crippen LogP contribution in [0.4, 0.5) is 0 Å². The summed E-state index contributed by atoms with van der Waals surface area (Å²) in [4.78, 5) is 0. The highest BCUT2D eigenvalue weighted by Crippen LogP contribution is 2.14. The quantitative estimate of drug-likeness (QED) is 0.795. The Balaban J connectivity index is 0.000000386. The summed E-state index contributed by atoms with van der Waals surface area (Å²) in [6.07, 6.45) is 5.39. The Morgan fingerprint density at radius 1 is 1.06 bits per heavy atom. The van der Waals surface area contributed by atoms with Crippen LogP contribution in [0, 0.1) is 0 Å². The van der Waals surface area contributed by atoms with Gasteiger partial charge < -0.3 is 19.3 Å². The van der Waals surface area contributed by atoms with Gasteiger partial charge in [-0.15, -0.1) is 0 Å². The first kappa shape index (κ1) is 13.9. The minimum absolute atomic E-state index is 0.250. The highest BCUT2D eigenvalue weighted by atomic mass is 16.6. The molecule has 16 heavy (non-hydrogen) atoms. The van der Waals surface area contributed by atoms with E-state index in [1.165, 1.54) is 12.8 Å². The molecular weight excluding hydrogens is 208 g/mol. The van der Waals surface area contributed by atoms with Gasteiger partial charge in [-0.1, -0.05) is 0 Å². The van der Waals surface area contributed by atoms with Crippen molar-refractivity contribution in [3.63, 3.8) is 0 Å². The van der Waals surface area contributed by atoms with Gasteiger partial charge in [0.15, 0.2) is 0 Å². The predicted molar refractivity (Wildman–Crippen MR) is 61.5 cm³/mol. The Labute approximate surface area is 97.9 Å². The third-order valence-electron chi connectivity index (χ3n) is 2.66. The van der Waals surface area contributed by atoms with Crippen LogP contribution in [0.5, 0.6) is 0 Å². The van der Waals surface area contributed by atoms with E-state index in [1.807, 2.05) is 0 Å². The van der Waals surface area contributed by atoms with Crippen molar-refractivity contribution in [3.8, 4) is 0 Å². The van der Waals surface area contributed by atoms with Gasteiger partial charge >= 0.3 is 0 Å². The lowest BCUT2D eigenvalue weighted by atomic mass is 10.2. The first-order chi connectivity index (χ1) is 7.86. The molecule has 0 aromatic rings. The van der Waals surface area contributed by atoms with Crippen LogP contribution in [0.15, 0.2) is 0 Å². The standard InChI is InChI=1S/C10H18O3.C2H6O/c1-3-9(12-5-1)7-11-8-10-4-2-6-13-10;1-2-3/h9-10H,1-8H2;3H,2H2,1H3. The Morgan fingerprint density at radius 2 is 1.50 bits per heavy atom. The van der Waals surface area contributed by atoms with Crippen molar-refractivity contribution >= 4 is 0 Å². The predicted octanol–water partition coefficient (Wildman–Crippen LogP) is 1.36. The van der Waals surface area contributed by atoms with Gasteiger partial charge in [-0.3, -0.25) is 0 Å². The highest BCUT2D eigenvalue weighted by Gasteiger charge is 2.18. The molecule has 2 fully saturated rings. The molecule has 0 saturated carbocycles. The lowest BCUT2D eigenvalue weighted by Gasteiger charge is -2.13. The molecule has 0 aliphatic carbocycles. The molecule has 2 heterocycles. The maximum absolute atomic E-state index is 7.57. The first-order valence-electron chi connectivity index (χ1n) is 6.28. The van der Waals surface area contributed by atoms with Crippen LogP contribution < -0.4 is 0 Å². The minimum Gasteiger partial charge on any atom is -0.397 e. The first-order valence-corrected chi connectivity index (χ1v) is 6.28. The summed E-state index contributed by atoms with van der Waals surface area (Å²) in [5.74, 6) is 0. The van der Waals surface area contributed by atoms with E-state index in [1.54, 1.807) is 6.92 Å². The third kappa shape index (κ3) is 5.80. The maximum atomic E-state index is 7.57. The molecule has 0 aromatic heterocycles. The second-order valence-electron chi connectivity index (χ2n) is 4.12. The molecule has 2 aliphatic heterocycles. The third-order valence-corrected chi connectivity index (χ3v) is 2.66. The largest absolute Gasteiger partial charge is 0.397 e. The average molecular weight is 232 g/mol. The van der Waals surface area contributed by atoms with E-state index < -0.39 is 0 Å². The van der Waals surface area contributed by atoms with Crippen molar-refractivity contribution in [1.82, 2.24) is 0 Å². The van der Waals surface area contributed by atoms with Crippen molar-refractivity contribution in [2.24, 2.45) is 0 Å². The van der Waals surface area contributed by atoms with E-state index in [-0.39, 0.29) is 6.61 Å². The minimum atomic E-state index is 0.250. The van der Waals surface area contributed by atoms with Gasteiger partial charge in [-0.05, 0) is 32.6 Å². The molecule has 4 nitrogen and oxygen atoms in total. The van der Waals surface area contributed by atoms with Gasteiger partial charge in [0.1, 0.15) is 0 Å². The Kier molecular flexibility index (Phi) is 7.76. The van der Waals surface area contributed by atoms with Crippen LogP contribution in [0.2, 0.25) is 0 Å². The maximum Gasteiger partial charge on any atom is 0.0809 e. The van der Waals surface area contributed by atoms with E-state index in [4.69, 9.17) is 19.3 Å². The van der Waals surface area contributed by atoms with Crippen LogP contribution in [0.3, 0.4) is 0 Å². The van der Waals surface area contributed by atoms with Crippen molar-refractivity contribution in [3.05, 3.63) is 0 Å². The monoisotopic (exact) mass is 232 g/mol. The Morgan fingerprint density at radius 3 is 1.81 bits per heavy atom. The number of hydrogen-bond donors (Lipinski definition) is 1. The summed E-state index contributed by atoms with van der Waals surface area (Å²) < 4.78 is 16.5. The fraction of sp³-hybridized carbons (Fsp3) is 1.00. The molecule has 0 amide bonds. The van der Waals surface area contributed by atoms with E-state index in [9.17, 15) is 0 Å². The van der Waals surface area contributed by atoms with Gasteiger partial charge in [-0.25, -0.2) is 0 Å². The molecule has 2 unspecified atom stereocenters. The van der Waals surface area contributed by atoms with E-state index >= 15 is 0 Å². The molecular formula is C12H24O4. The molecule has 4 heteroatoms. The fourth-order valence-corrected chi connectivity index (χ4v) is 1.88. The molecule has 1 N–H and O–H groups in total. The molecule has 0 radical (unpaired) electrons. The topological polar surface area (TPSA) is 47.9 Å².